The first kappa shape index (κ1) is 19.4. The summed E-state index contributed by atoms with van der Waals surface area (Å²) in [7, 11) is 0. The van der Waals surface area contributed by atoms with Gasteiger partial charge in [-0.05, 0) is 29.8 Å². The fraction of sp³-hybridized carbons (Fsp3) is 0.100. The van der Waals surface area contributed by atoms with Crippen molar-refractivity contribution in [2.75, 3.05) is 5.32 Å². The van der Waals surface area contributed by atoms with Crippen LogP contribution in [-0.2, 0) is 11.3 Å². The molecule has 1 unspecified atom stereocenters. The number of amides is 1. The van der Waals surface area contributed by atoms with Crippen LogP contribution in [0.4, 0.5) is 20.3 Å². The van der Waals surface area contributed by atoms with Gasteiger partial charge in [0.25, 0.3) is 5.91 Å². The Hall–Kier alpha value is -3.92. The number of aromatic nitrogens is 2. The smallest absolute Gasteiger partial charge is 0.325 e. The van der Waals surface area contributed by atoms with Crippen LogP contribution in [0.3, 0.4) is 0 Å². The normalized spacial score (nSPS) is 13.5. The highest BCUT2D eigenvalue weighted by Gasteiger charge is 2.28. The van der Waals surface area contributed by atoms with Crippen molar-refractivity contribution in [3.8, 4) is 11.4 Å². The van der Waals surface area contributed by atoms with Gasteiger partial charge < -0.3 is 21.5 Å². The number of carboxylic acid groups (broad SMARTS) is 1. The number of carbonyl (C=O) groups excluding carboxylic acids is 1. The zero-order valence-electron chi connectivity index (χ0n) is 15.3. The number of hydrogen-bond donors (Lipinski definition) is 4. The molecule has 0 saturated heterocycles. The van der Waals surface area contributed by atoms with Crippen LogP contribution in [-0.4, -0.2) is 27.0 Å². The molecule has 0 bridgehead atoms. The standard InChI is InChI=1S/C20H15F2N5O3/c21-11-2-1-3-12(22)14(11)17-26-13-8-24-19(28)15(13)18(27-17)25-10-6-4-9(5-7-10)16(23)20(29)30/h1-7,16H,8,23H2,(H,24,28)(H,29,30)(H,25,26,27). The topological polar surface area (TPSA) is 130 Å². The Morgan fingerprint density at radius 1 is 1.10 bits per heavy atom. The monoisotopic (exact) mass is 411 g/mol. The van der Waals surface area contributed by atoms with E-state index < -0.39 is 35.1 Å². The first-order valence-corrected chi connectivity index (χ1v) is 8.84. The number of carboxylic acids is 1. The summed E-state index contributed by atoms with van der Waals surface area (Å²) in [5, 5.41) is 14.5. The summed E-state index contributed by atoms with van der Waals surface area (Å²) in [5.74, 6) is -3.37. The number of anilines is 2. The fourth-order valence-corrected chi connectivity index (χ4v) is 3.09. The van der Waals surface area contributed by atoms with Gasteiger partial charge in [0.05, 0.1) is 17.8 Å². The summed E-state index contributed by atoms with van der Waals surface area (Å²) in [6.07, 6.45) is 0. The molecular weight excluding hydrogens is 396 g/mol. The van der Waals surface area contributed by atoms with E-state index >= 15 is 0 Å². The number of rotatable bonds is 5. The van der Waals surface area contributed by atoms with Crippen molar-refractivity contribution in [1.29, 1.82) is 0 Å². The highest BCUT2D eigenvalue weighted by atomic mass is 19.1. The van der Waals surface area contributed by atoms with Crippen LogP contribution in [0.5, 0.6) is 0 Å². The fourth-order valence-electron chi connectivity index (χ4n) is 3.09. The first-order valence-electron chi connectivity index (χ1n) is 8.84. The Balaban J connectivity index is 1.75. The quantitative estimate of drug-likeness (QED) is 0.507. The number of carbonyl (C=O) groups is 2. The molecule has 5 N–H and O–H groups in total. The Morgan fingerprint density at radius 2 is 1.77 bits per heavy atom. The first-order chi connectivity index (χ1) is 14.3. The van der Waals surface area contributed by atoms with Gasteiger partial charge in [0.15, 0.2) is 5.82 Å². The zero-order chi connectivity index (χ0) is 21.4. The lowest BCUT2D eigenvalue weighted by atomic mass is 10.1. The van der Waals surface area contributed by atoms with Crippen LogP contribution in [0.2, 0.25) is 0 Å². The molecular formula is C20H15F2N5O3. The van der Waals surface area contributed by atoms with E-state index in [0.29, 0.717) is 16.9 Å². The third kappa shape index (κ3) is 3.44. The maximum absolute atomic E-state index is 14.2. The molecule has 0 spiro atoms. The van der Waals surface area contributed by atoms with E-state index in [1.54, 1.807) is 12.1 Å². The molecule has 1 aromatic heterocycles. The number of nitrogens with two attached hydrogens (primary N) is 1. The Labute approximate surface area is 168 Å². The molecule has 152 valence electrons. The third-order valence-electron chi connectivity index (χ3n) is 4.61. The van der Waals surface area contributed by atoms with Crippen molar-refractivity contribution in [2.45, 2.75) is 12.6 Å². The number of benzene rings is 2. The van der Waals surface area contributed by atoms with Gasteiger partial charge in [-0.25, -0.2) is 18.7 Å². The van der Waals surface area contributed by atoms with Crippen LogP contribution in [0.15, 0.2) is 42.5 Å². The molecule has 1 amide bonds. The second kappa shape index (κ2) is 7.48. The van der Waals surface area contributed by atoms with Gasteiger partial charge in [-0.15, -0.1) is 0 Å². The summed E-state index contributed by atoms with van der Waals surface area (Å²) in [4.78, 5) is 31.6. The van der Waals surface area contributed by atoms with Crippen LogP contribution < -0.4 is 16.4 Å². The largest absolute Gasteiger partial charge is 0.480 e. The minimum Gasteiger partial charge on any atom is -0.480 e. The van der Waals surface area contributed by atoms with Gasteiger partial charge in [-0.3, -0.25) is 9.59 Å². The molecule has 30 heavy (non-hydrogen) atoms. The van der Waals surface area contributed by atoms with Crippen LogP contribution in [0, 0.1) is 11.6 Å². The lowest BCUT2D eigenvalue weighted by Crippen LogP contribution is -2.20. The van der Waals surface area contributed by atoms with Gasteiger partial charge in [-0.2, -0.15) is 0 Å². The third-order valence-corrected chi connectivity index (χ3v) is 4.61. The lowest BCUT2D eigenvalue weighted by Gasteiger charge is -2.13. The van der Waals surface area contributed by atoms with Crippen molar-refractivity contribution >= 4 is 23.4 Å². The zero-order valence-corrected chi connectivity index (χ0v) is 15.3. The Bertz CT molecular complexity index is 1150. The maximum atomic E-state index is 14.2. The minimum atomic E-state index is -1.18. The molecule has 0 fully saturated rings. The number of hydrogen-bond acceptors (Lipinski definition) is 6. The molecule has 2 aromatic carbocycles. The summed E-state index contributed by atoms with van der Waals surface area (Å²) in [6, 6.07) is 8.39. The average Bonchev–Trinajstić information content (AvgIpc) is 3.09. The van der Waals surface area contributed by atoms with Crippen LogP contribution in [0.25, 0.3) is 11.4 Å². The molecule has 2 heterocycles. The molecule has 10 heteroatoms. The molecule has 1 aliphatic heterocycles. The summed E-state index contributed by atoms with van der Waals surface area (Å²) >= 11 is 0. The van der Waals surface area contributed by atoms with Gasteiger partial charge in [0.2, 0.25) is 0 Å². The van der Waals surface area contributed by atoms with E-state index in [0.717, 1.165) is 12.1 Å². The summed E-state index contributed by atoms with van der Waals surface area (Å²) in [6.45, 7) is 0.0981. The predicted octanol–water partition coefficient (Wildman–Crippen LogP) is 2.49. The second-order valence-corrected chi connectivity index (χ2v) is 6.56. The van der Waals surface area contributed by atoms with E-state index in [1.165, 1.54) is 18.2 Å². The SMILES string of the molecule is NC(C(=O)O)c1ccc(Nc2nc(-c3c(F)cccc3F)nc3c2C(=O)NC3)cc1. The predicted molar refractivity (Wildman–Crippen MR) is 103 cm³/mol. The molecule has 0 aliphatic carbocycles. The Morgan fingerprint density at radius 3 is 2.40 bits per heavy atom. The van der Waals surface area contributed by atoms with Crippen LogP contribution in [0.1, 0.15) is 27.7 Å². The van der Waals surface area contributed by atoms with Gasteiger partial charge in [0, 0.05) is 5.69 Å². The van der Waals surface area contributed by atoms with Gasteiger partial charge >= 0.3 is 5.97 Å². The van der Waals surface area contributed by atoms with E-state index in [4.69, 9.17) is 10.8 Å². The van der Waals surface area contributed by atoms with Crippen LogP contribution >= 0.6 is 0 Å². The van der Waals surface area contributed by atoms with E-state index in [2.05, 4.69) is 20.6 Å². The second-order valence-electron chi connectivity index (χ2n) is 6.56. The molecule has 8 nitrogen and oxygen atoms in total. The number of fused-ring (bicyclic) bond motifs is 1. The van der Waals surface area contributed by atoms with Crippen molar-refractivity contribution in [1.82, 2.24) is 15.3 Å². The average molecular weight is 411 g/mol. The molecule has 4 rings (SSSR count). The number of aliphatic carboxylic acids is 1. The molecule has 0 saturated carbocycles. The molecule has 1 atom stereocenters. The van der Waals surface area contributed by atoms with Crippen molar-refractivity contribution in [2.24, 2.45) is 5.73 Å². The van der Waals surface area contributed by atoms with Crippen molar-refractivity contribution < 1.29 is 23.5 Å². The minimum absolute atomic E-state index is 0.0722. The van der Waals surface area contributed by atoms with E-state index in [9.17, 15) is 18.4 Å². The van der Waals surface area contributed by atoms with Gasteiger partial charge in [-0.1, -0.05) is 18.2 Å². The lowest BCUT2D eigenvalue weighted by molar-refractivity contribution is -0.138. The summed E-state index contributed by atoms with van der Waals surface area (Å²) < 4.78 is 28.5. The molecule has 1 aliphatic rings. The van der Waals surface area contributed by atoms with Crippen molar-refractivity contribution in [3.63, 3.8) is 0 Å². The van der Waals surface area contributed by atoms with E-state index in [1.807, 2.05) is 0 Å². The van der Waals surface area contributed by atoms with E-state index in [-0.39, 0.29) is 23.8 Å². The number of halogens is 2. The molecule has 0 radical (unpaired) electrons. The Kier molecular flexibility index (Phi) is 4.84. The number of nitrogens with one attached hydrogen (secondary N) is 2. The summed E-state index contributed by atoms with van der Waals surface area (Å²) in [5.41, 5.74) is 6.51. The highest BCUT2D eigenvalue weighted by Crippen LogP contribution is 2.30. The van der Waals surface area contributed by atoms with Gasteiger partial charge in [0.1, 0.15) is 29.1 Å². The highest BCUT2D eigenvalue weighted by molar-refractivity contribution is 6.03. The molecule has 3 aromatic rings. The number of nitrogens with zero attached hydrogens (tertiary/aromatic N) is 2. The maximum Gasteiger partial charge on any atom is 0.325 e. The van der Waals surface area contributed by atoms with Crippen molar-refractivity contribution in [3.05, 3.63) is 70.9 Å².